The Hall–Kier alpha value is -2.70. The van der Waals surface area contributed by atoms with Crippen molar-refractivity contribution < 1.29 is 23.3 Å². The number of nitrogens with zero attached hydrogens (tertiary/aromatic N) is 3. The number of halogens is 2. The maximum absolute atomic E-state index is 13.5. The summed E-state index contributed by atoms with van der Waals surface area (Å²) in [5, 5.41) is 15.1. The van der Waals surface area contributed by atoms with Crippen LogP contribution >= 0.6 is 23.5 Å². The van der Waals surface area contributed by atoms with Crippen molar-refractivity contribution in [2.45, 2.75) is 48.2 Å². The highest BCUT2D eigenvalue weighted by molar-refractivity contribution is 7.99. The number of para-hydroxylation sites is 1. The van der Waals surface area contributed by atoms with Crippen LogP contribution in [0.25, 0.3) is 0 Å². The molecule has 198 valence electrons. The van der Waals surface area contributed by atoms with Crippen LogP contribution in [0.15, 0.2) is 53.4 Å². The highest BCUT2D eigenvalue weighted by Crippen LogP contribution is 2.36. The van der Waals surface area contributed by atoms with E-state index >= 15 is 0 Å². The van der Waals surface area contributed by atoms with Crippen LogP contribution < -0.4 is 5.32 Å². The Balaban J connectivity index is 1.53. The summed E-state index contributed by atoms with van der Waals surface area (Å²) < 4.78 is 25.5. The van der Waals surface area contributed by atoms with Gasteiger partial charge < -0.3 is 9.80 Å². The van der Waals surface area contributed by atoms with Crippen LogP contribution in [0.3, 0.4) is 0 Å². The number of piperidine rings is 1. The second-order valence-electron chi connectivity index (χ2n) is 9.02. The molecule has 1 spiro atoms. The van der Waals surface area contributed by atoms with E-state index in [4.69, 9.17) is 0 Å². The van der Waals surface area contributed by atoms with Crippen molar-refractivity contribution in [1.82, 2.24) is 15.1 Å². The number of likely N-dealkylation sites (tertiary alicyclic amines) is 1. The third-order valence-corrected chi connectivity index (χ3v) is 8.18. The first kappa shape index (κ1) is 27.3. The van der Waals surface area contributed by atoms with Gasteiger partial charge in [-0.3, -0.25) is 25.0 Å². The monoisotopic (exact) mass is 550 g/mol. The van der Waals surface area contributed by atoms with Crippen molar-refractivity contribution in [3.05, 3.63) is 69.8 Å². The Bertz CT molecular complexity index is 1160. The normalized spacial score (nSPS) is 19.1. The minimum Gasteiger partial charge on any atom is -0.338 e. The lowest BCUT2D eigenvalue weighted by atomic mass is 9.94. The molecule has 2 aliphatic rings. The van der Waals surface area contributed by atoms with Crippen molar-refractivity contribution in [3.63, 3.8) is 0 Å². The van der Waals surface area contributed by atoms with Crippen molar-refractivity contribution in [1.29, 1.82) is 0 Å². The Kier molecular flexibility index (Phi) is 8.71. The van der Waals surface area contributed by atoms with Gasteiger partial charge in [-0.05, 0) is 36.6 Å². The zero-order valence-electron chi connectivity index (χ0n) is 20.3. The Morgan fingerprint density at radius 2 is 1.95 bits per heavy atom. The van der Waals surface area contributed by atoms with Gasteiger partial charge >= 0.3 is 0 Å². The van der Waals surface area contributed by atoms with Crippen molar-refractivity contribution in [3.8, 4) is 0 Å². The number of rotatable bonds is 9. The summed E-state index contributed by atoms with van der Waals surface area (Å²) in [5.41, 5.74) is 0.0341. The number of hydrogen-bond donors (Lipinski definition) is 1. The summed E-state index contributed by atoms with van der Waals surface area (Å²) in [6.07, 6.45) is 3.50. The van der Waals surface area contributed by atoms with Gasteiger partial charge in [0.15, 0.2) is 0 Å². The molecule has 2 amide bonds. The van der Waals surface area contributed by atoms with Gasteiger partial charge in [-0.2, -0.15) is 20.5 Å². The van der Waals surface area contributed by atoms with Gasteiger partial charge in [0.05, 0.1) is 23.2 Å². The van der Waals surface area contributed by atoms with E-state index in [0.717, 1.165) is 5.75 Å². The lowest BCUT2D eigenvalue weighted by Crippen LogP contribution is -2.59. The number of alkyl halides is 2. The molecule has 0 aromatic heterocycles. The van der Waals surface area contributed by atoms with Crippen LogP contribution in [0.2, 0.25) is 0 Å². The van der Waals surface area contributed by atoms with Gasteiger partial charge in [0.2, 0.25) is 5.91 Å². The van der Waals surface area contributed by atoms with E-state index in [2.05, 4.69) is 5.32 Å². The number of nitro benzene ring substituents is 1. The average molecular weight is 551 g/mol. The largest absolute Gasteiger partial charge is 0.338 e. The predicted octanol–water partition coefficient (Wildman–Crippen LogP) is 4.60. The van der Waals surface area contributed by atoms with Crippen molar-refractivity contribution >= 4 is 41.0 Å². The molecule has 1 atom stereocenters. The quantitative estimate of drug-likeness (QED) is 0.277. The topological polar surface area (TPSA) is 95.8 Å². The smallest absolute Gasteiger partial charge is 0.288 e. The minimum atomic E-state index is -2.57. The van der Waals surface area contributed by atoms with Gasteiger partial charge in [-0.15, -0.1) is 0 Å². The number of thioether (sulfide) groups is 2. The van der Waals surface area contributed by atoms with Crippen LogP contribution in [0, 0.1) is 10.1 Å². The maximum Gasteiger partial charge on any atom is 0.288 e. The predicted molar refractivity (Wildman–Crippen MR) is 140 cm³/mol. The molecule has 12 heteroatoms. The van der Waals surface area contributed by atoms with E-state index in [-0.39, 0.29) is 24.0 Å². The molecule has 37 heavy (non-hydrogen) atoms. The van der Waals surface area contributed by atoms with E-state index in [9.17, 15) is 28.5 Å². The first-order chi connectivity index (χ1) is 17.7. The molecule has 1 unspecified atom stereocenters. The van der Waals surface area contributed by atoms with Gasteiger partial charge in [-0.1, -0.05) is 36.0 Å². The molecule has 2 aromatic carbocycles. The van der Waals surface area contributed by atoms with Crippen LogP contribution in [0.4, 0.5) is 14.5 Å². The molecule has 2 fully saturated rings. The van der Waals surface area contributed by atoms with Gasteiger partial charge in [0.1, 0.15) is 0 Å². The number of benzene rings is 2. The maximum atomic E-state index is 13.5. The van der Waals surface area contributed by atoms with Crippen LogP contribution in [-0.4, -0.2) is 69.1 Å². The minimum absolute atomic E-state index is 0.0350. The summed E-state index contributed by atoms with van der Waals surface area (Å²) >= 11 is 2.04. The zero-order valence-corrected chi connectivity index (χ0v) is 21.9. The number of amides is 2. The molecule has 2 saturated heterocycles. The van der Waals surface area contributed by atoms with Crippen LogP contribution in [0.1, 0.15) is 35.2 Å². The van der Waals surface area contributed by atoms with Crippen LogP contribution in [-0.2, 0) is 11.3 Å². The fourth-order valence-corrected chi connectivity index (χ4v) is 6.03. The fourth-order valence-electron chi connectivity index (χ4n) is 5.00. The highest BCUT2D eigenvalue weighted by Gasteiger charge is 2.51. The highest BCUT2D eigenvalue weighted by atomic mass is 32.2. The standard InChI is InChI=1S/C25H28F2N4O4S2/c1-36-14-9-20-23(33)30(16-18-5-2-3-8-21(18)31(34)35)25(28-20)10-12-29(13-11-25)22(32)17-6-4-7-19(15-17)37-24(26)27/h2-8,15,20,24,28H,9-14,16H2,1H3. The Morgan fingerprint density at radius 3 is 2.62 bits per heavy atom. The van der Waals surface area contributed by atoms with Gasteiger partial charge in [-0.25, -0.2) is 0 Å². The second kappa shape index (κ2) is 11.8. The molecule has 2 heterocycles. The Morgan fingerprint density at radius 1 is 1.22 bits per heavy atom. The first-order valence-electron chi connectivity index (χ1n) is 11.9. The van der Waals surface area contributed by atoms with Gasteiger partial charge in [0, 0.05) is 48.0 Å². The average Bonchev–Trinajstić information content (AvgIpc) is 3.13. The zero-order chi connectivity index (χ0) is 26.6. The summed E-state index contributed by atoms with van der Waals surface area (Å²) in [6.45, 7) is 0.807. The molecule has 2 aromatic rings. The first-order valence-corrected chi connectivity index (χ1v) is 14.2. The number of nitro groups is 1. The molecule has 0 aliphatic carbocycles. The molecular weight excluding hydrogens is 522 g/mol. The number of hydrogen-bond acceptors (Lipinski definition) is 7. The van der Waals surface area contributed by atoms with E-state index < -0.39 is 22.4 Å². The SMILES string of the molecule is CSCCC1NC2(CCN(C(=O)c3cccc(SC(F)F)c3)CC2)N(Cc2ccccc2[N+](=O)[O-])C1=O. The van der Waals surface area contributed by atoms with E-state index in [1.54, 1.807) is 58.0 Å². The fraction of sp³-hybridized carbons (Fsp3) is 0.440. The van der Waals surface area contributed by atoms with Crippen molar-refractivity contribution in [2.75, 3.05) is 25.1 Å². The molecule has 0 bridgehead atoms. The summed E-state index contributed by atoms with van der Waals surface area (Å²) in [6, 6.07) is 12.2. The summed E-state index contributed by atoms with van der Waals surface area (Å²) in [4.78, 5) is 41.5. The van der Waals surface area contributed by atoms with Gasteiger partial charge in [0.25, 0.3) is 17.4 Å². The summed E-state index contributed by atoms with van der Waals surface area (Å²) in [5.74, 6) is -2.13. The second-order valence-corrected chi connectivity index (χ2v) is 11.1. The molecule has 8 nitrogen and oxygen atoms in total. The lowest BCUT2D eigenvalue weighted by molar-refractivity contribution is -0.385. The Labute approximate surface area is 222 Å². The third kappa shape index (κ3) is 6.07. The molecule has 0 saturated carbocycles. The van der Waals surface area contributed by atoms with E-state index in [0.29, 0.717) is 60.1 Å². The molecule has 4 rings (SSSR count). The molecule has 0 radical (unpaired) electrons. The molecule has 2 aliphatic heterocycles. The molecular formula is C25H28F2N4O4S2. The third-order valence-electron chi connectivity index (χ3n) is 6.84. The van der Waals surface area contributed by atoms with Crippen LogP contribution in [0.5, 0.6) is 0 Å². The number of nitrogens with one attached hydrogen (secondary N) is 1. The number of carbonyl (C=O) groups excluding carboxylic acids is 2. The number of carbonyl (C=O) groups is 2. The van der Waals surface area contributed by atoms with E-state index in [1.165, 1.54) is 12.1 Å². The van der Waals surface area contributed by atoms with Crippen molar-refractivity contribution in [2.24, 2.45) is 0 Å². The molecule has 1 N–H and O–H groups in total. The lowest BCUT2D eigenvalue weighted by Gasteiger charge is -2.44. The van der Waals surface area contributed by atoms with E-state index in [1.807, 2.05) is 6.26 Å². The summed E-state index contributed by atoms with van der Waals surface area (Å²) in [7, 11) is 0.